The molecule has 1 heterocycles. The predicted octanol–water partition coefficient (Wildman–Crippen LogP) is 3.86. The van der Waals surface area contributed by atoms with Crippen LogP contribution in [0.5, 0.6) is 0 Å². The minimum absolute atomic E-state index is 0.603. The molecule has 1 saturated heterocycles. The highest BCUT2D eigenvalue weighted by Gasteiger charge is 2.20. The van der Waals surface area contributed by atoms with Crippen LogP contribution in [0.25, 0.3) is 0 Å². The van der Waals surface area contributed by atoms with Crippen LogP contribution in [-0.2, 0) is 13.0 Å². The van der Waals surface area contributed by atoms with E-state index in [1.165, 1.54) is 17.5 Å². The summed E-state index contributed by atoms with van der Waals surface area (Å²) in [4.78, 5) is 4.67. The number of rotatable bonds is 5. The standard InChI is InChI=1S/C16H24N2S/c1-4-13-5-7-14(8-6-13)10-17-16-18-15(11-19-16)9-12(2)3/h5-8,12,15H,4,9-11H2,1-3H3,(H,17,18). The van der Waals surface area contributed by atoms with E-state index >= 15 is 0 Å². The summed E-state index contributed by atoms with van der Waals surface area (Å²) in [5, 5.41) is 4.64. The molecule has 0 saturated carbocycles. The maximum absolute atomic E-state index is 4.67. The van der Waals surface area contributed by atoms with E-state index in [9.17, 15) is 0 Å². The van der Waals surface area contributed by atoms with Gasteiger partial charge in [-0.25, -0.2) is 0 Å². The number of nitrogens with one attached hydrogen (secondary N) is 1. The SMILES string of the molecule is CCc1ccc(CN=C2NC(CC(C)C)CS2)cc1. The summed E-state index contributed by atoms with van der Waals surface area (Å²) in [6.07, 6.45) is 2.33. The number of nitrogens with zero attached hydrogens (tertiary/aromatic N) is 1. The predicted molar refractivity (Wildman–Crippen MR) is 85.8 cm³/mol. The number of hydrogen-bond acceptors (Lipinski definition) is 2. The lowest BCUT2D eigenvalue weighted by Crippen LogP contribution is -2.28. The second kappa shape index (κ2) is 6.99. The van der Waals surface area contributed by atoms with Crippen LogP contribution >= 0.6 is 11.8 Å². The van der Waals surface area contributed by atoms with Gasteiger partial charge in [0.15, 0.2) is 5.17 Å². The third kappa shape index (κ3) is 4.57. The van der Waals surface area contributed by atoms with Crippen molar-refractivity contribution < 1.29 is 0 Å². The molecule has 0 aliphatic carbocycles. The lowest BCUT2D eigenvalue weighted by Gasteiger charge is -2.11. The van der Waals surface area contributed by atoms with E-state index in [4.69, 9.17) is 0 Å². The smallest absolute Gasteiger partial charge is 0.157 e. The number of aliphatic imine (C=N–C) groups is 1. The Balaban J connectivity index is 1.85. The molecule has 0 amide bonds. The molecular formula is C16H24N2S. The Morgan fingerprint density at radius 3 is 2.58 bits per heavy atom. The summed E-state index contributed by atoms with van der Waals surface area (Å²) in [7, 11) is 0. The maximum atomic E-state index is 4.67. The van der Waals surface area contributed by atoms with Gasteiger partial charge in [-0.2, -0.15) is 0 Å². The van der Waals surface area contributed by atoms with Crippen molar-refractivity contribution in [3.05, 3.63) is 35.4 Å². The second-order valence-electron chi connectivity index (χ2n) is 5.57. The van der Waals surface area contributed by atoms with Gasteiger partial charge in [-0.3, -0.25) is 4.99 Å². The van der Waals surface area contributed by atoms with Gasteiger partial charge in [-0.15, -0.1) is 0 Å². The van der Waals surface area contributed by atoms with Gasteiger partial charge in [0.25, 0.3) is 0 Å². The molecule has 0 radical (unpaired) electrons. The zero-order chi connectivity index (χ0) is 13.7. The van der Waals surface area contributed by atoms with Gasteiger partial charge in [-0.05, 0) is 29.9 Å². The van der Waals surface area contributed by atoms with Crippen LogP contribution in [0, 0.1) is 5.92 Å². The molecule has 1 atom stereocenters. The van der Waals surface area contributed by atoms with E-state index in [1.54, 1.807) is 0 Å². The van der Waals surface area contributed by atoms with Crippen molar-refractivity contribution in [1.29, 1.82) is 0 Å². The molecule has 1 aliphatic rings. The highest BCUT2D eigenvalue weighted by molar-refractivity contribution is 8.14. The fourth-order valence-electron chi connectivity index (χ4n) is 2.27. The topological polar surface area (TPSA) is 24.4 Å². The zero-order valence-electron chi connectivity index (χ0n) is 12.1. The van der Waals surface area contributed by atoms with Gasteiger partial charge >= 0.3 is 0 Å². The molecule has 1 aromatic rings. The molecule has 104 valence electrons. The first-order valence-electron chi connectivity index (χ1n) is 7.19. The van der Waals surface area contributed by atoms with Crippen molar-refractivity contribution in [2.24, 2.45) is 10.9 Å². The summed E-state index contributed by atoms with van der Waals surface area (Å²) in [6.45, 7) is 7.52. The minimum Gasteiger partial charge on any atom is -0.361 e. The molecule has 1 N–H and O–H groups in total. The van der Waals surface area contributed by atoms with Gasteiger partial charge in [-0.1, -0.05) is 56.8 Å². The molecule has 1 unspecified atom stereocenters. The minimum atomic E-state index is 0.603. The molecule has 1 aromatic carbocycles. The Kier molecular flexibility index (Phi) is 5.32. The Labute approximate surface area is 121 Å². The fraction of sp³-hybridized carbons (Fsp3) is 0.562. The van der Waals surface area contributed by atoms with Crippen molar-refractivity contribution in [3.8, 4) is 0 Å². The lowest BCUT2D eigenvalue weighted by molar-refractivity contribution is 0.502. The number of benzene rings is 1. The molecule has 1 aliphatic heterocycles. The van der Waals surface area contributed by atoms with Gasteiger partial charge in [0.1, 0.15) is 0 Å². The van der Waals surface area contributed by atoms with Crippen LogP contribution in [-0.4, -0.2) is 17.0 Å². The third-order valence-corrected chi connectivity index (χ3v) is 4.43. The van der Waals surface area contributed by atoms with E-state index in [2.05, 4.69) is 55.3 Å². The van der Waals surface area contributed by atoms with Crippen LogP contribution in [0.1, 0.15) is 38.3 Å². The van der Waals surface area contributed by atoms with Gasteiger partial charge in [0.2, 0.25) is 0 Å². The van der Waals surface area contributed by atoms with E-state index in [1.807, 2.05) is 11.8 Å². The molecule has 19 heavy (non-hydrogen) atoms. The molecule has 2 rings (SSSR count). The number of amidine groups is 1. The van der Waals surface area contributed by atoms with Crippen LogP contribution < -0.4 is 5.32 Å². The number of thioether (sulfide) groups is 1. The number of hydrogen-bond donors (Lipinski definition) is 1. The quantitative estimate of drug-likeness (QED) is 0.883. The van der Waals surface area contributed by atoms with Crippen molar-refractivity contribution in [1.82, 2.24) is 5.32 Å². The normalized spacial score (nSPS) is 21.1. The summed E-state index contributed by atoms with van der Waals surface area (Å²) in [6, 6.07) is 9.38. The highest BCUT2D eigenvalue weighted by atomic mass is 32.2. The van der Waals surface area contributed by atoms with E-state index in [0.717, 1.165) is 29.8 Å². The van der Waals surface area contributed by atoms with Gasteiger partial charge in [0.05, 0.1) is 6.54 Å². The largest absolute Gasteiger partial charge is 0.361 e. The average Bonchev–Trinajstić information content (AvgIpc) is 2.84. The van der Waals surface area contributed by atoms with Crippen LogP contribution in [0.4, 0.5) is 0 Å². The maximum Gasteiger partial charge on any atom is 0.157 e. The van der Waals surface area contributed by atoms with E-state index in [0.29, 0.717) is 6.04 Å². The van der Waals surface area contributed by atoms with E-state index < -0.39 is 0 Å². The molecule has 2 nitrogen and oxygen atoms in total. The van der Waals surface area contributed by atoms with Crippen molar-refractivity contribution in [2.45, 2.75) is 46.2 Å². The molecule has 0 spiro atoms. The first-order valence-corrected chi connectivity index (χ1v) is 8.17. The first-order chi connectivity index (χ1) is 9.17. The highest BCUT2D eigenvalue weighted by Crippen LogP contribution is 2.19. The Morgan fingerprint density at radius 1 is 1.26 bits per heavy atom. The van der Waals surface area contributed by atoms with Gasteiger partial charge < -0.3 is 5.32 Å². The zero-order valence-corrected chi connectivity index (χ0v) is 13.0. The van der Waals surface area contributed by atoms with Gasteiger partial charge in [0, 0.05) is 11.8 Å². The Morgan fingerprint density at radius 2 is 1.95 bits per heavy atom. The lowest BCUT2D eigenvalue weighted by atomic mass is 10.1. The summed E-state index contributed by atoms with van der Waals surface area (Å²) in [5.74, 6) is 1.91. The van der Waals surface area contributed by atoms with Crippen molar-refractivity contribution in [2.75, 3.05) is 5.75 Å². The fourth-order valence-corrected chi connectivity index (χ4v) is 3.25. The average molecular weight is 276 g/mol. The monoisotopic (exact) mass is 276 g/mol. The number of aryl methyl sites for hydroxylation is 1. The molecule has 3 heteroatoms. The van der Waals surface area contributed by atoms with Crippen LogP contribution in [0.2, 0.25) is 0 Å². The summed E-state index contributed by atoms with van der Waals surface area (Å²) in [5.41, 5.74) is 2.68. The Bertz CT molecular complexity index is 423. The van der Waals surface area contributed by atoms with Crippen molar-refractivity contribution >= 4 is 16.9 Å². The van der Waals surface area contributed by atoms with E-state index in [-0.39, 0.29) is 0 Å². The summed E-state index contributed by atoms with van der Waals surface area (Å²) < 4.78 is 0. The molecular weight excluding hydrogens is 252 g/mol. The van der Waals surface area contributed by atoms with Crippen LogP contribution in [0.3, 0.4) is 0 Å². The third-order valence-electron chi connectivity index (χ3n) is 3.34. The molecule has 1 fully saturated rings. The summed E-state index contributed by atoms with van der Waals surface area (Å²) >= 11 is 1.86. The first kappa shape index (κ1) is 14.4. The van der Waals surface area contributed by atoms with Crippen molar-refractivity contribution in [3.63, 3.8) is 0 Å². The molecule has 0 aromatic heterocycles. The second-order valence-corrected chi connectivity index (χ2v) is 6.58. The molecule has 0 bridgehead atoms. The van der Waals surface area contributed by atoms with Crippen LogP contribution in [0.15, 0.2) is 29.3 Å². The Hall–Kier alpha value is -0.960.